The summed E-state index contributed by atoms with van der Waals surface area (Å²) < 4.78 is 6.82. The number of hydrogen-bond acceptors (Lipinski definition) is 5. The number of aromatic nitrogens is 1. The topological polar surface area (TPSA) is 159 Å². The quantitative estimate of drug-likeness (QED) is 0.394. The predicted molar refractivity (Wildman–Crippen MR) is 125 cm³/mol. The van der Waals surface area contributed by atoms with Gasteiger partial charge in [-0.3, -0.25) is 19.2 Å². The second-order valence-corrected chi connectivity index (χ2v) is 9.39. The van der Waals surface area contributed by atoms with Crippen LogP contribution in [-0.2, 0) is 14.4 Å². The fourth-order valence-corrected chi connectivity index (χ4v) is 4.90. The van der Waals surface area contributed by atoms with Crippen molar-refractivity contribution in [2.24, 2.45) is 23.3 Å². The van der Waals surface area contributed by atoms with Crippen molar-refractivity contribution in [3.63, 3.8) is 0 Å². The smallest absolute Gasteiger partial charge is 0.265 e. The molecule has 2 aromatic rings. The molecule has 4 amide bonds. The number of amides is 4. The number of nitrogens with two attached hydrogens (primary N) is 2. The first kappa shape index (κ1) is 23.9. The number of nitrogens with zero attached hydrogens (tertiary/aromatic N) is 1. The molecule has 2 heterocycles. The van der Waals surface area contributed by atoms with E-state index in [1.54, 1.807) is 22.8 Å². The molecule has 34 heavy (non-hydrogen) atoms. The van der Waals surface area contributed by atoms with E-state index in [1.807, 2.05) is 0 Å². The number of nitrogens with one attached hydrogen (secondary N) is 2. The van der Waals surface area contributed by atoms with E-state index in [-0.39, 0.29) is 18.0 Å². The molecular weight excluding hydrogens is 462 g/mol. The van der Waals surface area contributed by atoms with E-state index in [0.29, 0.717) is 47.0 Å². The summed E-state index contributed by atoms with van der Waals surface area (Å²) in [4.78, 5) is 50.1. The zero-order valence-corrected chi connectivity index (χ0v) is 19.6. The van der Waals surface area contributed by atoms with Crippen LogP contribution in [0.25, 0.3) is 10.9 Å². The largest absolute Gasteiger partial charge is 0.497 e. The van der Waals surface area contributed by atoms with Crippen LogP contribution in [0.3, 0.4) is 0 Å². The SMILES string of the molecule is COc1cc(Cl)c2c(c1)cc(C(N)=O)n2[C@@H](CC1CC1)C(=O)N[C@@H](C[C@@H]1CCNC1=O)C(N)=O. The third-order valence-corrected chi connectivity index (χ3v) is 6.85. The van der Waals surface area contributed by atoms with E-state index in [2.05, 4.69) is 10.6 Å². The van der Waals surface area contributed by atoms with E-state index in [0.717, 1.165) is 12.8 Å². The van der Waals surface area contributed by atoms with Gasteiger partial charge in [-0.2, -0.15) is 0 Å². The number of primary amides is 2. The van der Waals surface area contributed by atoms with Gasteiger partial charge in [-0.05, 0) is 37.3 Å². The number of hydrogen-bond donors (Lipinski definition) is 4. The molecule has 2 aliphatic rings. The molecule has 3 atom stereocenters. The molecule has 1 aliphatic heterocycles. The van der Waals surface area contributed by atoms with Crippen molar-refractivity contribution in [1.82, 2.24) is 15.2 Å². The van der Waals surface area contributed by atoms with Crippen molar-refractivity contribution in [1.29, 1.82) is 0 Å². The lowest BCUT2D eigenvalue weighted by molar-refractivity contribution is -0.131. The van der Waals surface area contributed by atoms with Gasteiger partial charge in [0.1, 0.15) is 23.5 Å². The van der Waals surface area contributed by atoms with Crippen LogP contribution in [0.2, 0.25) is 5.02 Å². The molecule has 182 valence electrons. The molecule has 0 unspecified atom stereocenters. The predicted octanol–water partition coefficient (Wildman–Crippen LogP) is 1.24. The lowest BCUT2D eigenvalue weighted by Gasteiger charge is -2.25. The Hall–Kier alpha value is -3.27. The number of ether oxygens (including phenoxy) is 1. The zero-order chi connectivity index (χ0) is 24.6. The number of halogens is 1. The summed E-state index contributed by atoms with van der Waals surface area (Å²) in [6.45, 7) is 0.520. The van der Waals surface area contributed by atoms with Crippen LogP contribution in [0.4, 0.5) is 0 Å². The molecule has 1 aromatic heterocycles. The van der Waals surface area contributed by atoms with Crippen LogP contribution in [0.15, 0.2) is 18.2 Å². The molecule has 0 bridgehead atoms. The van der Waals surface area contributed by atoms with Crippen LogP contribution in [0.5, 0.6) is 5.75 Å². The van der Waals surface area contributed by atoms with Gasteiger partial charge in [-0.25, -0.2) is 0 Å². The van der Waals surface area contributed by atoms with Gasteiger partial charge in [0, 0.05) is 23.9 Å². The molecule has 1 saturated heterocycles. The van der Waals surface area contributed by atoms with Crippen molar-refractivity contribution in [3.05, 3.63) is 28.9 Å². The molecule has 1 saturated carbocycles. The van der Waals surface area contributed by atoms with E-state index < -0.39 is 35.7 Å². The monoisotopic (exact) mass is 489 g/mol. The van der Waals surface area contributed by atoms with Crippen molar-refractivity contribution in [2.45, 2.75) is 44.2 Å². The van der Waals surface area contributed by atoms with Gasteiger partial charge in [0.15, 0.2) is 0 Å². The Morgan fingerprint density at radius 2 is 1.94 bits per heavy atom. The number of benzene rings is 1. The summed E-state index contributed by atoms with van der Waals surface area (Å²) >= 11 is 6.55. The Kier molecular flexibility index (Phi) is 6.70. The molecular formula is C23H28ClN5O5. The van der Waals surface area contributed by atoms with E-state index in [9.17, 15) is 19.2 Å². The molecule has 0 spiro atoms. The minimum atomic E-state index is -1.03. The standard InChI is InChI=1S/C23H28ClN5O5/c1-34-14-7-13-9-17(21(26)31)29(19(13)15(24)10-14)18(6-11-2-3-11)23(33)28-16(20(25)30)8-12-4-5-27-22(12)32/h7,9-12,16,18H,2-6,8H2,1H3,(H2,25,30)(H2,26,31)(H,27,32)(H,28,33)/t12-,16-,18-/m0/s1. The van der Waals surface area contributed by atoms with Crippen LogP contribution in [0, 0.1) is 11.8 Å². The van der Waals surface area contributed by atoms with Gasteiger partial charge in [-0.1, -0.05) is 24.4 Å². The summed E-state index contributed by atoms with van der Waals surface area (Å²) in [5.41, 5.74) is 11.8. The highest BCUT2D eigenvalue weighted by molar-refractivity contribution is 6.35. The molecule has 10 nitrogen and oxygen atoms in total. The Labute approximate surface area is 201 Å². The molecule has 1 aliphatic carbocycles. The minimum Gasteiger partial charge on any atom is -0.497 e. The second-order valence-electron chi connectivity index (χ2n) is 8.98. The summed E-state index contributed by atoms with van der Waals surface area (Å²) in [6, 6.07) is 3.01. The number of carbonyl (C=O) groups excluding carboxylic acids is 4. The maximum atomic E-state index is 13.6. The molecule has 6 N–H and O–H groups in total. The Balaban J connectivity index is 1.72. The summed E-state index contributed by atoms with van der Waals surface area (Å²) in [5, 5.41) is 6.34. The second kappa shape index (κ2) is 9.54. The number of fused-ring (bicyclic) bond motifs is 1. The molecule has 4 rings (SSSR count). The lowest BCUT2D eigenvalue weighted by atomic mass is 9.97. The normalized spacial score (nSPS) is 19.5. The van der Waals surface area contributed by atoms with Gasteiger partial charge in [-0.15, -0.1) is 0 Å². The maximum absolute atomic E-state index is 13.6. The highest BCUT2D eigenvalue weighted by Gasteiger charge is 2.36. The van der Waals surface area contributed by atoms with Crippen LogP contribution < -0.4 is 26.8 Å². The van der Waals surface area contributed by atoms with Gasteiger partial charge >= 0.3 is 0 Å². The number of methoxy groups -OCH3 is 1. The Bertz CT molecular complexity index is 1160. The lowest BCUT2D eigenvalue weighted by Crippen LogP contribution is -2.48. The van der Waals surface area contributed by atoms with Crippen molar-refractivity contribution in [3.8, 4) is 5.75 Å². The fourth-order valence-electron chi connectivity index (χ4n) is 4.59. The van der Waals surface area contributed by atoms with Gasteiger partial charge in [0.2, 0.25) is 17.7 Å². The molecule has 1 aromatic carbocycles. The molecule has 0 radical (unpaired) electrons. The highest BCUT2D eigenvalue weighted by atomic mass is 35.5. The first-order valence-electron chi connectivity index (χ1n) is 11.2. The van der Waals surface area contributed by atoms with Crippen LogP contribution in [-0.4, -0.2) is 47.9 Å². The molecule has 2 fully saturated rings. The van der Waals surface area contributed by atoms with E-state index in [1.165, 1.54) is 7.11 Å². The van der Waals surface area contributed by atoms with Crippen LogP contribution in [0.1, 0.15) is 48.6 Å². The minimum absolute atomic E-state index is 0.107. The Morgan fingerprint density at radius 3 is 2.50 bits per heavy atom. The van der Waals surface area contributed by atoms with Gasteiger partial charge in [0.05, 0.1) is 17.6 Å². The third-order valence-electron chi connectivity index (χ3n) is 6.56. The summed E-state index contributed by atoms with van der Waals surface area (Å²) in [5.74, 6) is -1.71. The summed E-state index contributed by atoms with van der Waals surface area (Å²) in [7, 11) is 1.50. The Morgan fingerprint density at radius 1 is 1.21 bits per heavy atom. The highest BCUT2D eigenvalue weighted by Crippen LogP contribution is 2.41. The first-order chi connectivity index (χ1) is 16.2. The van der Waals surface area contributed by atoms with Crippen molar-refractivity contribution >= 4 is 46.1 Å². The number of carbonyl (C=O) groups is 4. The van der Waals surface area contributed by atoms with E-state index in [4.69, 9.17) is 27.8 Å². The average Bonchev–Trinajstić information content (AvgIpc) is 3.39. The zero-order valence-electron chi connectivity index (χ0n) is 18.8. The average molecular weight is 490 g/mol. The summed E-state index contributed by atoms with van der Waals surface area (Å²) in [6.07, 6.45) is 3.02. The van der Waals surface area contributed by atoms with Gasteiger partial charge < -0.3 is 31.4 Å². The third kappa shape index (κ3) is 4.82. The van der Waals surface area contributed by atoms with Gasteiger partial charge in [0.25, 0.3) is 5.91 Å². The van der Waals surface area contributed by atoms with Crippen LogP contribution >= 0.6 is 11.6 Å². The molecule has 11 heteroatoms. The van der Waals surface area contributed by atoms with E-state index >= 15 is 0 Å². The number of rotatable bonds is 10. The van der Waals surface area contributed by atoms with Crippen molar-refractivity contribution < 1.29 is 23.9 Å². The maximum Gasteiger partial charge on any atom is 0.265 e. The first-order valence-corrected chi connectivity index (χ1v) is 11.6. The van der Waals surface area contributed by atoms with Crippen molar-refractivity contribution in [2.75, 3.05) is 13.7 Å². The fraction of sp³-hybridized carbons (Fsp3) is 0.478.